The van der Waals surface area contributed by atoms with Crippen molar-refractivity contribution in [3.05, 3.63) is 29.3 Å². The van der Waals surface area contributed by atoms with E-state index in [-0.39, 0.29) is 17.9 Å². The van der Waals surface area contributed by atoms with Crippen molar-refractivity contribution in [1.29, 1.82) is 0 Å². The molecule has 6 heteroatoms. The van der Waals surface area contributed by atoms with Crippen molar-refractivity contribution in [2.45, 2.75) is 128 Å². The highest BCUT2D eigenvalue weighted by molar-refractivity contribution is 7.84. The van der Waals surface area contributed by atoms with Gasteiger partial charge in [0.25, 0.3) is 0 Å². The maximum Gasteiger partial charge on any atom is 0.245 e. The number of hydrogen-bond donors (Lipinski definition) is 2. The van der Waals surface area contributed by atoms with Gasteiger partial charge in [-0.1, -0.05) is 51.5 Å². The molecule has 0 saturated heterocycles. The summed E-state index contributed by atoms with van der Waals surface area (Å²) in [5.41, 5.74) is 2.87. The van der Waals surface area contributed by atoms with Crippen LogP contribution in [0.25, 0.3) is 0 Å². The van der Waals surface area contributed by atoms with Crippen molar-refractivity contribution < 1.29 is 23.2 Å². The van der Waals surface area contributed by atoms with Gasteiger partial charge in [-0.2, -0.15) is 0 Å². The smallest absolute Gasteiger partial charge is 0.245 e. The molecule has 0 bridgehead atoms. The number of halogens is 2. The Morgan fingerprint density at radius 2 is 1.68 bits per heavy atom. The molecule has 2 fully saturated rings. The number of rotatable bonds is 14. The van der Waals surface area contributed by atoms with E-state index in [1.807, 2.05) is 12.1 Å². The number of phenolic OH excluding ortho intramolecular Hbond substituents is 1. The van der Waals surface area contributed by atoms with Crippen LogP contribution in [0.3, 0.4) is 0 Å². The summed E-state index contributed by atoms with van der Waals surface area (Å²) < 4.78 is 37.7. The summed E-state index contributed by atoms with van der Waals surface area (Å²) in [6.07, 6.45) is 14.7. The molecule has 3 aliphatic rings. The lowest BCUT2D eigenvalue weighted by atomic mass is 9.52. The van der Waals surface area contributed by atoms with Crippen LogP contribution >= 0.6 is 0 Å². The second kappa shape index (κ2) is 13.1. The molecule has 1 aromatic rings. The van der Waals surface area contributed by atoms with Crippen molar-refractivity contribution in [2.24, 2.45) is 23.2 Å². The summed E-state index contributed by atoms with van der Waals surface area (Å²) in [5, 5.41) is 21.0. The SMILES string of the molecule is CC(F)(F)CCCS(=O)CCCCCCCCC[C@@H]1Cc2cc(O)ccc2C2CCC3(C)C(O)CCC3C21. The fourth-order valence-corrected chi connectivity index (χ4v) is 9.43. The van der Waals surface area contributed by atoms with Gasteiger partial charge in [0.05, 0.1) is 6.10 Å². The third-order valence-corrected chi connectivity index (χ3v) is 11.8. The van der Waals surface area contributed by atoms with Crippen LogP contribution in [-0.2, 0) is 17.2 Å². The molecule has 0 aliphatic heterocycles. The van der Waals surface area contributed by atoms with Gasteiger partial charge in [0.15, 0.2) is 0 Å². The van der Waals surface area contributed by atoms with Gasteiger partial charge in [-0.15, -0.1) is 0 Å². The first-order valence-corrected chi connectivity index (χ1v) is 16.8. The Balaban J connectivity index is 1.19. The van der Waals surface area contributed by atoms with Gasteiger partial charge < -0.3 is 10.2 Å². The lowest BCUT2D eigenvalue weighted by molar-refractivity contribution is -0.0396. The van der Waals surface area contributed by atoms with E-state index in [1.54, 1.807) is 0 Å². The number of benzene rings is 1. The van der Waals surface area contributed by atoms with E-state index in [0.717, 1.165) is 58.3 Å². The molecule has 1 aromatic carbocycles. The van der Waals surface area contributed by atoms with Gasteiger partial charge in [-0.3, -0.25) is 4.21 Å². The van der Waals surface area contributed by atoms with E-state index in [1.165, 1.54) is 43.2 Å². The highest BCUT2D eigenvalue weighted by Gasteiger charge is 2.56. The minimum atomic E-state index is -2.65. The summed E-state index contributed by atoms with van der Waals surface area (Å²) in [5.74, 6) is 1.22. The monoisotopic (exact) mass is 552 g/mol. The van der Waals surface area contributed by atoms with Crippen LogP contribution in [0.5, 0.6) is 5.75 Å². The van der Waals surface area contributed by atoms with Gasteiger partial charge in [0.1, 0.15) is 5.75 Å². The maximum absolute atomic E-state index is 12.9. The van der Waals surface area contributed by atoms with Crippen LogP contribution < -0.4 is 0 Å². The predicted octanol–water partition coefficient (Wildman–Crippen LogP) is 8.14. The molecule has 7 atom stereocenters. The molecule has 0 amide bonds. The zero-order chi connectivity index (χ0) is 27.3. The minimum Gasteiger partial charge on any atom is -0.508 e. The van der Waals surface area contributed by atoms with Gasteiger partial charge in [0.2, 0.25) is 5.92 Å². The molecule has 3 aliphatic carbocycles. The van der Waals surface area contributed by atoms with Crippen LogP contribution in [0.2, 0.25) is 0 Å². The van der Waals surface area contributed by atoms with Crippen molar-refractivity contribution >= 4 is 10.8 Å². The minimum absolute atomic E-state index is 0.0680. The second-order valence-electron chi connectivity index (χ2n) is 13.1. The third-order valence-electron chi connectivity index (χ3n) is 10.3. The Bertz CT molecular complexity index is 932. The van der Waals surface area contributed by atoms with Crippen molar-refractivity contribution in [3.8, 4) is 5.75 Å². The number of alkyl halides is 2. The van der Waals surface area contributed by atoms with Crippen LogP contribution in [0.4, 0.5) is 8.78 Å². The van der Waals surface area contributed by atoms with Crippen molar-refractivity contribution in [2.75, 3.05) is 11.5 Å². The van der Waals surface area contributed by atoms with Gasteiger partial charge in [0, 0.05) is 28.7 Å². The Labute approximate surface area is 231 Å². The number of phenols is 1. The van der Waals surface area contributed by atoms with Crippen LogP contribution in [0, 0.1) is 23.2 Å². The second-order valence-corrected chi connectivity index (χ2v) is 14.8. The molecule has 6 unspecified atom stereocenters. The molecule has 216 valence electrons. The molecule has 2 saturated carbocycles. The van der Waals surface area contributed by atoms with Crippen LogP contribution in [0.1, 0.15) is 121 Å². The first-order valence-electron chi connectivity index (χ1n) is 15.3. The van der Waals surface area contributed by atoms with Crippen molar-refractivity contribution in [1.82, 2.24) is 0 Å². The van der Waals surface area contributed by atoms with E-state index in [4.69, 9.17) is 0 Å². The average Bonchev–Trinajstić information content (AvgIpc) is 3.16. The number of aliphatic hydroxyl groups excluding tert-OH is 1. The summed E-state index contributed by atoms with van der Waals surface area (Å²) in [4.78, 5) is 0. The lowest BCUT2D eigenvalue weighted by Gasteiger charge is -2.53. The summed E-state index contributed by atoms with van der Waals surface area (Å²) >= 11 is 0. The fourth-order valence-electron chi connectivity index (χ4n) is 8.23. The first-order chi connectivity index (χ1) is 18.1. The molecular weight excluding hydrogens is 502 g/mol. The van der Waals surface area contributed by atoms with Gasteiger partial charge in [-0.25, -0.2) is 8.78 Å². The molecule has 38 heavy (non-hydrogen) atoms. The fraction of sp³-hybridized carbons (Fsp3) is 0.812. The third kappa shape index (κ3) is 7.38. The van der Waals surface area contributed by atoms with E-state index >= 15 is 0 Å². The normalized spacial score (nSPS) is 31.4. The summed E-state index contributed by atoms with van der Waals surface area (Å²) in [7, 11) is -0.961. The molecule has 0 radical (unpaired) electrons. The topological polar surface area (TPSA) is 57.5 Å². The van der Waals surface area contributed by atoms with Crippen molar-refractivity contribution in [3.63, 3.8) is 0 Å². The van der Waals surface area contributed by atoms with Gasteiger partial charge >= 0.3 is 0 Å². The Kier molecular flexibility index (Phi) is 10.3. The molecule has 3 nitrogen and oxygen atoms in total. The zero-order valence-electron chi connectivity index (χ0n) is 23.6. The predicted molar refractivity (Wildman–Crippen MR) is 152 cm³/mol. The Morgan fingerprint density at radius 3 is 2.42 bits per heavy atom. The van der Waals surface area contributed by atoms with Gasteiger partial charge in [-0.05, 0) is 111 Å². The largest absolute Gasteiger partial charge is 0.508 e. The molecule has 4 rings (SSSR count). The zero-order valence-corrected chi connectivity index (χ0v) is 24.4. The van der Waals surface area contributed by atoms with E-state index < -0.39 is 16.7 Å². The molecular formula is C32H50F2O3S. The molecule has 2 N–H and O–H groups in total. The van der Waals surface area contributed by atoms with Crippen LogP contribution in [-0.4, -0.2) is 38.0 Å². The highest BCUT2D eigenvalue weighted by Crippen LogP contribution is 2.62. The maximum atomic E-state index is 12.9. The lowest BCUT2D eigenvalue weighted by Crippen LogP contribution is -2.47. The average molecular weight is 553 g/mol. The number of unbranched alkanes of at least 4 members (excludes halogenated alkanes) is 6. The highest BCUT2D eigenvalue weighted by atomic mass is 32.2. The summed E-state index contributed by atoms with van der Waals surface area (Å²) in [6, 6.07) is 6.03. The summed E-state index contributed by atoms with van der Waals surface area (Å²) in [6.45, 7) is 3.27. The molecule has 0 spiro atoms. The first kappa shape index (κ1) is 30.0. The quantitative estimate of drug-likeness (QED) is 0.229. The Morgan fingerprint density at radius 1 is 1.00 bits per heavy atom. The van der Waals surface area contributed by atoms with E-state index in [0.29, 0.717) is 47.3 Å². The van der Waals surface area contributed by atoms with E-state index in [2.05, 4.69) is 13.0 Å². The number of aromatic hydroxyl groups is 1. The molecule has 0 aromatic heterocycles. The Hall–Kier alpha value is -1.01. The number of fused-ring (bicyclic) bond motifs is 5. The number of hydrogen-bond acceptors (Lipinski definition) is 3. The van der Waals surface area contributed by atoms with E-state index in [9.17, 15) is 23.2 Å². The molecule has 0 heterocycles. The van der Waals surface area contributed by atoms with Crippen LogP contribution in [0.15, 0.2) is 18.2 Å². The number of aliphatic hydroxyl groups is 1. The standard InChI is InChI=1S/C32H50F2O3S/c1-31-18-16-27-26-13-12-25(35)22-24(26)21-23(30(27)28(31)14-15-29(31)36)11-8-6-4-3-5-7-9-19-38(37)20-10-17-32(2,33)34/h12-13,22-23,27-30,35-36H,3-11,14-21H2,1-2H3/t23-,27?,28?,29?,30?,31?,38?/m1/s1.